The Kier molecular flexibility index (Phi) is 4.52. The molecule has 0 bridgehead atoms. The van der Waals surface area contributed by atoms with E-state index in [1.807, 2.05) is 19.9 Å². The van der Waals surface area contributed by atoms with Gasteiger partial charge in [-0.3, -0.25) is 4.90 Å². The Morgan fingerprint density at radius 2 is 1.90 bits per heavy atom. The van der Waals surface area contributed by atoms with Crippen molar-refractivity contribution in [2.24, 2.45) is 0 Å². The molecule has 0 unspecified atom stereocenters. The topological polar surface area (TPSA) is 44.4 Å². The number of hydrogen-bond donors (Lipinski definition) is 2. The van der Waals surface area contributed by atoms with Crippen LogP contribution in [0.3, 0.4) is 0 Å². The lowest BCUT2D eigenvalue weighted by atomic mass is 10.0. The van der Waals surface area contributed by atoms with Gasteiger partial charge in [-0.05, 0) is 50.0 Å². The summed E-state index contributed by atoms with van der Waals surface area (Å²) in [5.41, 5.74) is 3.06. The Labute approximate surface area is 131 Å². The lowest BCUT2D eigenvalue weighted by Crippen LogP contribution is -2.37. The van der Waals surface area contributed by atoms with Crippen LogP contribution in [0.1, 0.15) is 38.8 Å². The summed E-state index contributed by atoms with van der Waals surface area (Å²) in [6.07, 6.45) is 1.77. The maximum atomic E-state index is 12.5. The molecule has 1 fully saturated rings. The first-order valence-electron chi connectivity index (χ1n) is 7.39. The second-order valence-corrected chi connectivity index (χ2v) is 6.38. The fourth-order valence-corrected chi connectivity index (χ4v) is 3.03. The third kappa shape index (κ3) is 3.35. The molecule has 0 aromatic heterocycles. The first-order valence-corrected chi connectivity index (χ1v) is 7.80. The molecule has 1 aliphatic heterocycles. The number of aryl methyl sites for hydroxylation is 2. The highest BCUT2D eigenvalue weighted by molar-refractivity contribution is 7.80. The first-order chi connectivity index (χ1) is 9.88. The van der Waals surface area contributed by atoms with Crippen LogP contribution in [0.5, 0.6) is 0 Å². The normalized spacial score (nSPS) is 16.8. The molecule has 0 saturated carbocycles. The van der Waals surface area contributed by atoms with Crippen molar-refractivity contribution in [3.8, 4) is 0 Å². The number of thiocarbonyl (C=S) groups is 1. The number of rotatable bonds is 3. The average Bonchev–Trinajstić information content (AvgIpc) is 2.72. The zero-order valence-electron chi connectivity index (χ0n) is 13.1. The minimum Gasteiger partial charge on any atom is -0.355 e. The van der Waals surface area contributed by atoms with E-state index in [2.05, 4.69) is 36.6 Å². The van der Waals surface area contributed by atoms with Gasteiger partial charge in [0.05, 0.1) is 12.1 Å². The van der Waals surface area contributed by atoms with Crippen molar-refractivity contribution in [1.29, 1.82) is 0 Å². The van der Waals surface area contributed by atoms with Gasteiger partial charge in [-0.15, -0.1) is 0 Å². The van der Waals surface area contributed by atoms with Gasteiger partial charge in [-0.2, -0.15) is 0 Å². The van der Waals surface area contributed by atoms with E-state index in [4.69, 9.17) is 12.2 Å². The van der Waals surface area contributed by atoms with Crippen LogP contribution in [0.15, 0.2) is 18.2 Å². The molecule has 1 aliphatic rings. The van der Waals surface area contributed by atoms with Crippen LogP contribution in [0, 0.1) is 0 Å². The first kappa shape index (κ1) is 15.8. The van der Waals surface area contributed by atoms with Crippen molar-refractivity contribution < 1.29 is 4.79 Å². The molecule has 0 spiro atoms. The smallest absolute Gasteiger partial charge is 0.328 e. The van der Waals surface area contributed by atoms with Crippen molar-refractivity contribution >= 4 is 29.0 Å². The van der Waals surface area contributed by atoms with Gasteiger partial charge < -0.3 is 10.6 Å². The zero-order chi connectivity index (χ0) is 15.6. The molecule has 0 radical (unpaired) electrons. The highest BCUT2D eigenvalue weighted by atomic mass is 32.1. The van der Waals surface area contributed by atoms with Gasteiger partial charge in [0, 0.05) is 5.69 Å². The monoisotopic (exact) mass is 305 g/mol. The minimum atomic E-state index is -0.174. The van der Waals surface area contributed by atoms with E-state index in [1.165, 1.54) is 0 Å². The Hall–Kier alpha value is -1.62. The predicted molar refractivity (Wildman–Crippen MR) is 90.7 cm³/mol. The minimum absolute atomic E-state index is 0.159. The highest BCUT2D eigenvalue weighted by Gasteiger charge is 2.36. The molecule has 5 heteroatoms. The number of nitrogens with one attached hydrogen (secondary N) is 2. The number of hydrogen-bond acceptors (Lipinski definition) is 2. The van der Waals surface area contributed by atoms with E-state index in [0.29, 0.717) is 11.7 Å². The summed E-state index contributed by atoms with van der Waals surface area (Å²) in [5, 5.41) is 6.70. The maximum Gasteiger partial charge on any atom is 0.328 e. The summed E-state index contributed by atoms with van der Waals surface area (Å²) < 4.78 is 0. The summed E-state index contributed by atoms with van der Waals surface area (Å²) in [6, 6.07) is 5.99. The van der Waals surface area contributed by atoms with Crippen LogP contribution in [0.25, 0.3) is 0 Å². The number of benzene rings is 1. The second kappa shape index (κ2) is 6.02. The van der Waals surface area contributed by atoms with Gasteiger partial charge in [-0.25, -0.2) is 4.79 Å². The van der Waals surface area contributed by atoms with Gasteiger partial charge in [0.1, 0.15) is 0 Å². The van der Waals surface area contributed by atoms with Crippen molar-refractivity contribution in [3.63, 3.8) is 0 Å². The summed E-state index contributed by atoms with van der Waals surface area (Å²) in [7, 11) is 0. The van der Waals surface area contributed by atoms with Gasteiger partial charge in [0.15, 0.2) is 5.11 Å². The van der Waals surface area contributed by atoms with Gasteiger partial charge >= 0.3 is 6.03 Å². The molecule has 1 aromatic carbocycles. The number of anilines is 1. The maximum absolute atomic E-state index is 12.5. The molecular weight excluding hydrogens is 282 g/mol. The van der Waals surface area contributed by atoms with Crippen LogP contribution in [0.4, 0.5) is 10.5 Å². The number of carbonyl (C=O) groups is 1. The van der Waals surface area contributed by atoms with Crippen molar-refractivity contribution in [3.05, 3.63) is 29.3 Å². The Bertz CT molecular complexity index is 546. The van der Waals surface area contributed by atoms with E-state index < -0.39 is 0 Å². The van der Waals surface area contributed by atoms with E-state index >= 15 is 0 Å². The zero-order valence-corrected chi connectivity index (χ0v) is 13.9. The summed E-state index contributed by atoms with van der Waals surface area (Å²) in [5.74, 6) is 0. The van der Waals surface area contributed by atoms with Crippen molar-refractivity contribution in [1.82, 2.24) is 10.2 Å². The molecule has 2 N–H and O–H groups in total. The fourth-order valence-electron chi connectivity index (χ4n) is 2.61. The fraction of sp³-hybridized carbons (Fsp3) is 0.500. The number of nitrogens with zero attached hydrogens (tertiary/aromatic N) is 1. The molecule has 1 aromatic rings. The number of carbonyl (C=O) groups excluding carboxylic acids is 1. The SMILES string of the molecule is CCc1cccc(CC)c1NC(=O)N1CC(C)(C)NC1=S. The largest absolute Gasteiger partial charge is 0.355 e. The lowest BCUT2D eigenvalue weighted by molar-refractivity contribution is 0.233. The lowest BCUT2D eigenvalue weighted by Gasteiger charge is -2.20. The van der Waals surface area contributed by atoms with E-state index in [0.717, 1.165) is 29.7 Å². The van der Waals surface area contributed by atoms with Crippen LogP contribution in [-0.4, -0.2) is 28.1 Å². The summed E-state index contributed by atoms with van der Waals surface area (Å²) in [4.78, 5) is 14.1. The third-order valence-electron chi connectivity index (χ3n) is 3.72. The molecule has 114 valence electrons. The quantitative estimate of drug-likeness (QED) is 0.842. The molecule has 2 amide bonds. The number of amides is 2. The van der Waals surface area contributed by atoms with E-state index in [-0.39, 0.29) is 11.6 Å². The highest BCUT2D eigenvalue weighted by Crippen LogP contribution is 2.24. The number of urea groups is 1. The van der Waals surface area contributed by atoms with Gasteiger partial charge in [0.2, 0.25) is 0 Å². The number of para-hydroxylation sites is 1. The predicted octanol–water partition coefficient (Wildman–Crippen LogP) is 3.31. The van der Waals surface area contributed by atoms with Crippen LogP contribution < -0.4 is 10.6 Å². The molecule has 0 aliphatic carbocycles. The van der Waals surface area contributed by atoms with Crippen molar-refractivity contribution in [2.45, 2.75) is 46.1 Å². The molecular formula is C16H23N3OS. The molecule has 4 nitrogen and oxygen atoms in total. The van der Waals surface area contributed by atoms with E-state index in [1.54, 1.807) is 4.90 Å². The molecule has 0 atom stereocenters. The molecule has 2 rings (SSSR count). The Morgan fingerprint density at radius 1 is 1.33 bits per heavy atom. The van der Waals surface area contributed by atoms with Crippen LogP contribution in [0.2, 0.25) is 0 Å². The standard InChI is InChI=1S/C16H23N3OS/c1-5-11-8-7-9-12(6-2)13(11)17-14(20)19-10-16(3,4)18-15(19)21/h7-9H,5-6,10H2,1-4H3,(H,17,20)(H,18,21). The molecule has 21 heavy (non-hydrogen) atoms. The van der Waals surface area contributed by atoms with Crippen LogP contribution >= 0.6 is 12.2 Å². The Morgan fingerprint density at radius 3 is 2.33 bits per heavy atom. The second-order valence-electron chi connectivity index (χ2n) is 5.99. The van der Waals surface area contributed by atoms with Crippen molar-refractivity contribution in [2.75, 3.05) is 11.9 Å². The third-order valence-corrected chi connectivity index (χ3v) is 4.04. The summed E-state index contributed by atoms with van der Waals surface area (Å²) in [6.45, 7) is 8.83. The Balaban J connectivity index is 2.22. The van der Waals surface area contributed by atoms with Gasteiger partial charge in [-0.1, -0.05) is 32.0 Å². The van der Waals surface area contributed by atoms with E-state index in [9.17, 15) is 4.79 Å². The van der Waals surface area contributed by atoms with Crippen LogP contribution in [-0.2, 0) is 12.8 Å². The molecule has 1 saturated heterocycles. The molecule has 1 heterocycles. The summed E-state index contributed by atoms with van der Waals surface area (Å²) >= 11 is 5.26. The average molecular weight is 305 g/mol. The van der Waals surface area contributed by atoms with Gasteiger partial charge in [0.25, 0.3) is 0 Å².